The molecule has 0 aliphatic heterocycles. The van der Waals surface area contributed by atoms with Gasteiger partial charge in [-0.15, -0.1) is 0 Å². The predicted molar refractivity (Wildman–Crippen MR) is 96.6 cm³/mol. The van der Waals surface area contributed by atoms with E-state index in [-0.39, 0.29) is 32.7 Å². The fourth-order valence-corrected chi connectivity index (χ4v) is 4.41. The van der Waals surface area contributed by atoms with Gasteiger partial charge < -0.3 is 4.74 Å². The molecule has 0 atom stereocenters. The molecule has 0 spiro atoms. The lowest BCUT2D eigenvalue weighted by atomic mass is 10.0. The number of rotatable bonds is 5. The average molecular weight is 399 g/mol. The molecule has 0 aliphatic rings. The molecule has 0 saturated carbocycles. The number of nitrogens with zero attached hydrogens (tertiary/aromatic N) is 2. The first-order valence-electron chi connectivity index (χ1n) is 7.78. The zero-order valence-corrected chi connectivity index (χ0v) is 16.7. The Morgan fingerprint density at radius 2 is 1.88 bits per heavy atom. The number of benzene rings is 1. The van der Waals surface area contributed by atoms with Crippen LogP contribution in [0.4, 0.5) is 0 Å². The summed E-state index contributed by atoms with van der Waals surface area (Å²) in [5.74, 6) is -1.17. The number of hydrogen-bond donors (Lipinski definition) is 0. The summed E-state index contributed by atoms with van der Waals surface area (Å²) in [5, 5.41) is 3.99. The van der Waals surface area contributed by atoms with Crippen LogP contribution in [0, 0.1) is 13.8 Å². The first-order valence-corrected chi connectivity index (χ1v) is 9.81. The van der Waals surface area contributed by atoms with Gasteiger partial charge in [0.25, 0.3) is 0 Å². The molecule has 0 bridgehead atoms. The number of aryl methyl sites for hydroxylation is 2. The highest BCUT2D eigenvalue weighted by molar-refractivity contribution is 7.91. The number of carbonyl (C=O) groups is 2. The number of ether oxygens (including phenoxy) is 1. The largest absolute Gasteiger partial charge is 0.407 e. The van der Waals surface area contributed by atoms with Crippen molar-refractivity contribution in [3.05, 3.63) is 39.5 Å². The van der Waals surface area contributed by atoms with Crippen LogP contribution in [-0.2, 0) is 21.7 Å². The summed E-state index contributed by atoms with van der Waals surface area (Å²) in [6.45, 7) is 5.93. The fourth-order valence-electron chi connectivity index (χ4n) is 2.72. The third-order valence-corrected chi connectivity index (χ3v) is 6.43. The molecule has 0 saturated heterocycles. The van der Waals surface area contributed by atoms with Crippen molar-refractivity contribution >= 4 is 33.2 Å². The Kier molecular flexibility index (Phi) is 5.58. The van der Waals surface area contributed by atoms with Crippen LogP contribution in [-0.4, -0.2) is 35.7 Å². The van der Waals surface area contributed by atoms with Crippen molar-refractivity contribution in [1.82, 2.24) is 9.78 Å². The van der Waals surface area contributed by atoms with Gasteiger partial charge in [-0.3, -0.25) is 9.59 Å². The van der Waals surface area contributed by atoms with Crippen molar-refractivity contribution < 1.29 is 22.7 Å². The van der Waals surface area contributed by atoms with Crippen LogP contribution >= 0.6 is 11.6 Å². The van der Waals surface area contributed by atoms with Crippen molar-refractivity contribution in [1.29, 1.82) is 0 Å². The first kappa shape index (κ1) is 20.1. The molecular formula is C17H19ClN2O5S. The van der Waals surface area contributed by atoms with Crippen molar-refractivity contribution in [2.45, 2.75) is 32.6 Å². The van der Waals surface area contributed by atoms with Gasteiger partial charge in [0.15, 0.2) is 9.84 Å². The van der Waals surface area contributed by atoms with Crippen LogP contribution in [0.15, 0.2) is 17.2 Å². The van der Waals surface area contributed by atoms with E-state index in [0.29, 0.717) is 11.1 Å². The summed E-state index contributed by atoms with van der Waals surface area (Å²) < 4.78 is 30.9. The van der Waals surface area contributed by atoms with Gasteiger partial charge in [0, 0.05) is 19.5 Å². The van der Waals surface area contributed by atoms with Crippen LogP contribution in [0.3, 0.4) is 0 Å². The number of hydrogen-bond acceptors (Lipinski definition) is 6. The highest BCUT2D eigenvalue weighted by Crippen LogP contribution is 2.33. The first-order chi connectivity index (χ1) is 12.0. The van der Waals surface area contributed by atoms with Crippen molar-refractivity contribution in [2.24, 2.45) is 7.05 Å². The molecule has 0 fully saturated rings. The molecule has 0 N–H and O–H groups in total. The highest BCUT2D eigenvalue weighted by Gasteiger charge is 2.27. The summed E-state index contributed by atoms with van der Waals surface area (Å²) in [6, 6.07) is 1.44. The van der Waals surface area contributed by atoms with Crippen molar-refractivity contribution in [3.63, 3.8) is 0 Å². The monoisotopic (exact) mass is 398 g/mol. The van der Waals surface area contributed by atoms with E-state index in [4.69, 9.17) is 16.3 Å². The number of esters is 1. The highest BCUT2D eigenvalue weighted by atomic mass is 35.5. The molecule has 9 heteroatoms. The zero-order chi connectivity index (χ0) is 19.8. The average Bonchev–Trinajstić information content (AvgIpc) is 2.90. The molecule has 7 nitrogen and oxygen atoms in total. The second kappa shape index (κ2) is 7.20. The van der Waals surface area contributed by atoms with Gasteiger partial charge in [0.1, 0.15) is 5.56 Å². The van der Waals surface area contributed by atoms with Crippen molar-refractivity contribution in [3.8, 4) is 5.88 Å². The van der Waals surface area contributed by atoms with Gasteiger partial charge in [-0.2, -0.15) is 5.10 Å². The van der Waals surface area contributed by atoms with E-state index in [1.54, 1.807) is 20.8 Å². The Morgan fingerprint density at radius 1 is 1.27 bits per heavy atom. The molecule has 1 heterocycles. The minimum absolute atomic E-state index is 0.000806. The van der Waals surface area contributed by atoms with E-state index in [0.717, 1.165) is 0 Å². The van der Waals surface area contributed by atoms with E-state index in [9.17, 15) is 18.0 Å². The summed E-state index contributed by atoms with van der Waals surface area (Å²) in [6.07, 6.45) is 1.28. The number of halogens is 1. The normalized spacial score (nSPS) is 11.5. The van der Waals surface area contributed by atoms with Gasteiger partial charge in [0.05, 0.1) is 21.9 Å². The molecule has 1 aromatic heterocycles. The molecule has 0 amide bonds. The van der Waals surface area contributed by atoms with E-state index in [1.165, 1.54) is 30.9 Å². The Labute approximate surface area is 156 Å². The van der Waals surface area contributed by atoms with Crippen LogP contribution < -0.4 is 4.74 Å². The van der Waals surface area contributed by atoms with Gasteiger partial charge in [-0.25, -0.2) is 13.1 Å². The zero-order valence-electron chi connectivity index (χ0n) is 15.1. The van der Waals surface area contributed by atoms with Gasteiger partial charge in [-0.05, 0) is 31.0 Å². The fraction of sp³-hybridized carbons (Fsp3) is 0.353. The summed E-state index contributed by atoms with van der Waals surface area (Å²) in [4.78, 5) is 24.3. The third kappa shape index (κ3) is 3.52. The van der Waals surface area contributed by atoms with Crippen LogP contribution in [0.2, 0.25) is 5.02 Å². The second-order valence-corrected chi connectivity index (χ2v) is 8.42. The second-order valence-electron chi connectivity index (χ2n) is 5.82. The van der Waals surface area contributed by atoms with E-state index >= 15 is 0 Å². The number of aromatic nitrogens is 2. The molecule has 0 unspecified atom stereocenters. The van der Waals surface area contributed by atoms with E-state index < -0.39 is 21.6 Å². The van der Waals surface area contributed by atoms with E-state index in [2.05, 4.69) is 5.10 Å². The van der Waals surface area contributed by atoms with Crippen LogP contribution in [0.5, 0.6) is 5.88 Å². The maximum Gasteiger partial charge on any atom is 0.309 e. The Morgan fingerprint density at radius 3 is 2.42 bits per heavy atom. The molecular weight excluding hydrogens is 380 g/mol. The van der Waals surface area contributed by atoms with Crippen molar-refractivity contribution in [2.75, 3.05) is 5.75 Å². The Hall–Kier alpha value is -2.19. The summed E-state index contributed by atoms with van der Waals surface area (Å²) >= 11 is 6.32. The van der Waals surface area contributed by atoms with Crippen LogP contribution in [0.1, 0.15) is 40.9 Å². The van der Waals surface area contributed by atoms with Gasteiger partial charge in [-0.1, -0.05) is 18.5 Å². The van der Waals surface area contributed by atoms with Gasteiger partial charge in [0.2, 0.25) is 11.7 Å². The number of ketones is 1. The number of sulfone groups is 1. The topological polar surface area (TPSA) is 95.3 Å². The minimum atomic E-state index is -3.49. The number of carbonyl (C=O) groups excluding carboxylic acids is 2. The lowest BCUT2D eigenvalue weighted by molar-refractivity contribution is -0.132. The summed E-state index contributed by atoms with van der Waals surface area (Å²) in [7, 11) is -1.96. The molecule has 0 aliphatic carbocycles. The predicted octanol–water partition coefficient (Wildman–Crippen LogP) is 2.64. The standard InChI is InChI=1S/C17H19ClN2O5S/c1-6-26(23,24)16-9(2)7-12(14(18)10(16)3)15(22)13-8-19-20(5)17(13)25-11(4)21/h7-8H,6H2,1-5H3. The molecule has 26 heavy (non-hydrogen) atoms. The molecule has 140 valence electrons. The summed E-state index contributed by atoms with van der Waals surface area (Å²) in [5.41, 5.74) is 0.928. The van der Waals surface area contributed by atoms with Gasteiger partial charge >= 0.3 is 5.97 Å². The third-order valence-electron chi connectivity index (χ3n) is 3.93. The SMILES string of the molecule is CCS(=O)(=O)c1c(C)cc(C(=O)c2cnn(C)c2OC(C)=O)c(Cl)c1C. The smallest absolute Gasteiger partial charge is 0.309 e. The quantitative estimate of drug-likeness (QED) is 0.567. The molecule has 1 aromatic carbocycles. The minimum Gasteiger partial charge on any atom is -0.407 e. The van der Waals surface area contributed by atoms with E-state index in [1.807, 2.05) is 0 Å². The molecule has 2 aromatic rings. The molecule has 2 rings (SSSR count). The maximum absolute atomic E-state index is 12.9. The maximum atomic E-state index is 12.9. The van der Waals surface area contributed by atoms with Crippen LogP contribution in [0.25, 0.3) is 0 Å². The lowest BCUT2D eigenvalue weighted by Gasteiger charge is -2.14. The lowest BCUT2D eigenvalue weighted by Crippen LogP contribution is -2.13. The Balaban J connectivity index is 2.65. The Bertz CT molecular complexity index is 1010. The molecule has 0 radical (unpaired) electrons.